The lowest BCUT2D eigenvalue weighted by atomic mass is 10.2. The van der Waals surface area contributed by atoms with Crippen molar-refractivity contribution in [1.82, 2.24) is 20.2 Å². The zero-order valence-corrected chi connectivity index (χ0v) is 14.8. The number of hydrogen-bond acceptors (Lipinski definition) is 5. The van der Waals surface area contributed by atoms with Gasteiger partial charge in [-0.1, -0.05) is 6.92 Å². The van der Waals surface area contributed by atoms with E-state index in [4.69, 9.17) is 4.74 Å². The van der Waals surface area contributed by atoms with E-state index in [1.807, 2.05) is 24.4 Å². The maximum absolute atomic E-state index is 12.4. The number of amides is 2. The summed E-state index contributed by atoms with van der Waals surface area (Å²) in [5, 5.41) is 5.89. The van der Waals surface area contributed by atoms with Crippen molar-refractivity contribution in [2.75, 3.05) is 19.7 Å². The van der Waals surface area contributed by atoms with E-state index in [1.165, 1.54) is 5.56 Å². The van der Waals surface area contributed by atoms with Gasteiger partial charge in [-0.3, -0.25) is 4.98 Å². The molecule has 0 aromatic carbocycles. The van der Waals surface area contributed by atoms with Crippen molar-refractivity contribution in [3.05, 3.63) is 45.7 Å². The van der Waals surface area contributed by atoms with Crippen molar-refractivity contribution >= 4 is 17.4 Å². The van der Waals surface area contributed by atoms with E-state index in [9.17, 15) is 4.79 Å². The Bertz CT molecular complexity index is 703. The third kappa shape index (κ3) is 4.10. The van der Waals surface area contributed by atoms with E-state index >= 15 is 0 Å². The molecule has 1 aliphatic rings. The molecule has 1 fully saturated rings. The normalized spacial score (nSPS) is 17.8. The standard InChI is InChI=1S/C17H22N4O2S/c1-3-13-4-5-18-14(8-13)9-19-17(22)21-6-7-23-15(10-21)16-20-12(2)11-24-16/h4-5,8,11,15H,3,6-7,9-10H2,1-2H3,(H,19,22). The number of thiazole rings is 1. The summed E-state index contributed by atoms with van der Waals surface area (Å²) in [7, 11) is 0. The average molecular weight is 346 g/mol. The van der Waals surface area contributed by atoms with Crippen LogP contribution in [0.15, 0.2) is 23.7 Å². The van der Waals surface area contributed by atoms with Gasteiger partial charge in [-0.05, 0) is 31.0 Å². The third-order valence-electron chi connectivity index (χ3n) is 3.98. The Morgan fingerprint density at radius 3 is 3.17 bits per heavy atom. The molecule has 3 rings (SSSR count). The van der Waals surface area contributed by atoms with Gasteiger partial charge in [0.25, 0.3) is 0 Å². The summed E-state index contributed by atoms with van der Waals surface area (Å²) in [6.45, 7) is 6.15. The average Bonchev–Trinajstić information content (AvgIpc) is 3.06. The summed E-state index contributed by atoms with van der Waals surface area (Å²) < 4.78 is 5.76. The number of rotatable bonds is 4. The second-order valence-electron chi connectivity index (χ2n) is 5.80. The molecule has 7 heteroatoms. The molecule has 0 bridgehead atoms. The second kappa shape index (κ2) is 7.72. The molecule has 2 amide bonds. The summed E-state index contributed by atoms with van der Waals surface area (Å²) in [5.74, 6) is 0. The minimum Gasteiger partial charge on any atom is -0.367 e. The van der Waals surface area contributed by atoms with Crippen molar-refractivity contribution in [3.63, 3.8) is 0 Å². The minimum atomic E-state index is -0.134. The summed E-state index contributed by atoms with van der Waals surface area (Å²) in [5.41, 5.74) is 3.09. The van der Waals surface area contributed by atoms with E-state index < -0.39 is 0 Å². The molecule has 0 saturated carbocycles. The predicted octanol–water partition coefficient (Wildman–Crippen LogP) is 2.69. The highest BCUT2D eigenvalue weighted by atomic mass is 32.1. The Morgan fingerprint density at radius 1 is 1.54 bits per heavy atom. The maximum Gasteiger partial charge on any atom is 0.317 e. The SMILES string of the molecule is CCc1ccnc(CNC(=O)N2CCOC(c3nc(C)cs3)C2)c1. The van der Waals surface area contributed by atoms with Gasteiger partial charge in [-0.2, -0.15) is 0 Å². The van der Waals surface area contributed by atoms with Crippen LogP contribution in [0, 0.1) is 6.92 Å². The number of nitrogens with one attached hydrogen (secondary N) is 1. The Balaban J connectivity index is 1.56. The van der Waals surface area contributed by atoms with Gasteiger partial charge in [0.1, 0.15) is 11.1 Å². The number of carbonyl (C=O) groups excluding carboxylic acids is 1. The number of morpholine rings is 1. The Hall–Kier alpha value is -1.99. The summed E-state index contributed by atoms with van der Waals surface area (Å²) in [6.07, 6.45) is 2.61. The summed E-state index contributed by atoms with van der Waals surface area (Å²) in [6, 6.07) is 3.94. The van der Waals surface area contributed by atoms with Crippen molar-refractivity contribution in [1.29, 1.82) is 0 Å². The van der Waals surface area contributed by atoms with E-state index in [-0.39, 0.29) is 12.1 Å². The van der Waals surface area contributed by atoms with Crippen LogP contribution in [0.3, 0.4) is 0 Å². The van der Waals surface area contributed by atoms with Gasteiger partial charge in [0.2, 0.25) is 0 Å². The molecule has 1 unspecified atom stereocenters. The first-order chi connectivity index (χ1) is 11.7. The lowest BCUT2D eigenvalue weighted by Gasteiger charge is -2.32. The number of ether oxygens (including phenoxy) is 1. The molecule has 24 heavy (non-hydrogen) atoms. The number of urea groups is 1. The second-order valence-corrected chi connectivity index (χ2v) is 6.69. The molecule has 2 aromatic heterocycles. The highest BCUT2D eigenvalue weighted by Crippen LogP contribution is 2.25. The van der Waals surface area contributed by atoms with Crippen LogP contribution >= 0.6 is 11.3 Å². The first kappa shape index (κ1) is 16.9. The fourth-order valence-electron chi connectivity index (χ4n) is 2.63. The smallest absolute Gasteiger partial charge is 0.317 e. The van der Waals surface area contributed by atoms with Crippen LogP contribution in [0.25, 0.3) is 0 Å². The molecule has 1 saturated heterocycles. The molecular formula is C17H22N4O2S. The topological polar surface area (TPSA) is 67.4 Å². The fraction of sp³-hybridized carbons (Fsp3) is 0.471. The predicted molar refractivity (Wildman–Crippen MR) is 93.0 cm³/mol. The largest absolute Gasteiger partial charge is 0.367 e. The number of pyridine rings is 1. The summed E-state index contributed by atoms with van der Waals surface area (Å²) in [4.78, 5) is 23.0. The monoisotopic (exact) mass is 346 g/mol. The van der Waals surface area contributed by atoms with Gasteiger partial charge in [0, 0.05) is 23.8 Å². The van der Waals surface area contributed by atoms with E-state index in [0.29, 0.717) is 26.2 Å². The molecule has 1 N–H and O–H groups in total. The highest BCUT2D eigenvalue weighted by Gasteiger charge is 2.27. The number of aromatic nitrogens is 2. The zero-order chi connectivity index (χ0) is 16.9. The Morgan fingerprint density at radius 2 is 2.42 bits per heavy atom. The lowest BCUT2D eigenvalue weighted by molar-refractivity contribution is -0.0156. The van der Waals surface area contributed by atoms with E-state index in [2.05, 4.69) is 22.2 Å². The molecule has 0 aliphatic carbocycles. The first-order valence-corrected chi connectivity index (χ1v) is 9.04. The number of nitrogens with zero attached hydrogens (tertiary/aromatic N) is 3. The molecule has 2 aromatic rings. The quantitative estimate of drug-likeness (QED) is 0.924. The van der Waals surface area contributed by atoms with E-state index in [1.54, 1.807) is 22.4 Å². The van der Waals surface area contributed by atoms with Gasteiger partial charge in [-0.25, -0.2) is 9.78 Å². The third-order valence-corrected chi connectivity index (χ3v) is 5.03. The molecule has 128 valence electrons. The van der Waals surface area contributed by atoms with Gasteiger partial charge < -0.3 is 15.0 Å². The van der Waals surface area contributed by atoms with Crippen LogP contribution in [0.2, 0.25) is 0 Å². The van der Waals surface area contributed by atoms with Crippen LogP contribution in [-0.2, 0) is 17.7 Å². The Kier molecular flexibility index (Phi) is 5.42. The molecule has 0 radical (unpaired) electrons. The lowest BCUT2D eigenvalue weighted by Crippen LogP contribution is -2.47. The number of hydrogen-bond donors (Lipinski definition) is 1. The first-order valence-electron chi connectivity index (χ1n) is 8.16. The number of aryl methyl sites for hydroxylation is 2. The van der Waals surface area contributed by atoms with Gasteiger partial charge in [-0.15, -0.1) is 11.3 Å². The summed E-state index contributed by atoms with van der Waals surface area (Å²) >= 11 is 1.58. The molecular weight excluding hydrogens is 324 g/mol. The van der Waals surface area contributed by atoms with Crippen molar-refractivity contribution in [3.8, 4) is 0 Å². The van der Waals surface area contributed by atoms with Crippen LogP contribution in [0.1, 0.15) is 35.0 Å². The van der Waals surface area contributed by atoms with Gasteiger partial charge in [0.15, 0.2) is 0 Å². The molecule has 0 spiro atoms. The molecule has 1 aliphatic heterocycles. The highest BCUT2D eigenvalue weighted by molar-refractivity contribution is 7.09. The molecule has 6 nitrogen and oxygen atoms in total. The van der Waals surface area contributed by atoms with Crippen LogP contribution < -0.4 is 5.32 Å². The Labute approximate surface area is 145 Å². The molecule has 3 heterocycles. The zero-order valence-electron chi connectivity index (χ0n) is 14.0. The molecule has 1 atom stereocenters. The van der Waals surface area contributed by atoms with Crippen LogP contribution in [-0.4, -0.2) is 40.6 Å². The fourth-order valence-corrected chi connectivity index (χ4v) is 3.46. The van der Waals surface area contributed by atoms with Gasteiger partial charge in [0.05, 0.1) is 25.4 Å². The van der Waals surface area contributed by atoms with Crippen molar-refractivity contribution in [2.24, 2.45) is 0 Å². The van der Waals surface area contributed by atoms with Crippen molar-refractivity contribution in [2.45, 2.75) is 32.9 Å². The van der Waals surface area contributed by atoms with E-state index in [0.717, 1.165) is 22.8 Å². The van der Waals surface area contributed by atoms with Crippen molar-refractivity contribution < 1.29 is 9.53 Å². The van der Waals surface area contributed by atoms with Crippen LogP contribution in [0.5, 0.6) is 0 Å². The van der Waals surface area contributed by atoms with Crippen LogP contribution in [0.4, 0.5) is 4.79 Å². The number of carbonyl (C=O) groups is 1. The maximum atomic E-state index is 12.4. The van der Waals surface area contributed by atoms with Gasteiger partial charge >= 0.3 is 6.03 Å². The minimum absolute atomic E-state index is 0.0831.